The number of nitrogens with zero attached hydrogens (tertiary/aromatic N) is 2. The van der Waals surface area contributed by atoms with Gasteiger partial charge in [0.2, 0.25) is 5.91 Å². The zero-order chi connectivity index (χ0) is 23.1. The smallest absolute Gasteiger partial charge is 0.223 e. The van der Waals surface area contributed by atoms with E-state index in [1.165, 1.54) is 22.4 Å². The van der Waals surface area contributed by atoms with Crippen LogP contribution < -0.4 is 0 Å². The van der Waals surface area contributed by atoms with E-state index < -0.39 is 0 Å². The highest BCUT2D eigenvalue weighted by Gasteiger charge is 2.22. The van der Waals surface area contributed by atoms with Crippen LogP contribution in [0.1, 0.15) is 62.9 Å². The van der Waals surface area contributed by atoms with Crippen LogP contribution in [0, 0.1) is 18.3 Å². The molecule has 3 heteroatoms. The lowest BCUT2D eigenvalue weighted by Gasteiger charge is -2.27. The fourth-order valence-corrected chi connectivity index (χ4v) is 4.49. The number of hydrogen-bond donors (Lipinski definition) is 0. The molecule has 0 bridgehead atoms. The van der Waals surface area contributed by atoms with Gasteiger partial charge in [-0.05, 0) is 53.5 Å². The Balaban J connectivity index is 1.78. The lowest BCUT2D eigenvalue weighted by molar-refractivity contribution is -0.133. The van der Waals surface area contributed by atoms with Gasteiger partial charge >= 0.3 is 0 Å². The van der Waals surface area contributed by atoms with Gasteiger partial charge in [0.1, 0.15) is 0 Å². The van der Waals surface area contributed by atoms with E-state index in [2.05, 4.69) is 93.9 Å². The van der Waals surface area contributed by atoms with Gasteiger partial charge in [0.25, 0.3) is 0 Å². The van der Waals surface area contributed by atoms with Crippen molar-refractivity contribution < 1.29 is 4.79 Å². The highest BCUT2D eigenvalue weighted by atomic mass is 16.2. The molecule has 170 valence electrons. The number of amides is 1. The summed E-state index contributed by atoms with van der Waals surface area (Å²) < 4.78 is 2.27. The number of carbonyl (C=O) groups is 1. The van der Waals surface area contributed by atoms with Crippen LogP contribution in [0.4, 0.5) is 0 Å². The molecule has 0 aliphatic rings. The van der Waals surface area contributed by atoms with Crippen molar-refractivity contribution in [2.75, 3.05) is 0 Å². The Morgan fingerprint density at radius 2 is 1.62 bits per heavy atom. The van der Waals surface area contributed by atoms with Crippen molar-refractivity contribution in [2.24, 2.45) is 11.3 Å². The van der Waals surface area contributed by atoms with Crippen LogP contribution in [0.15, 0.2) is 72.9 Å². The molecule has 0 fully saturated rings. The Morgan fingerprint density at radius 1 is 0.938 bits per heavy atom. The third-order valence-corrected chi connectivity index (χ3v) is 5.93. The largest absolute Gasteiger partial charge is 0.345 e. The molecule has 1 atom stereocenters. The summed E-state index contributed by atoms with van der Waals surface area (Å²) in [6.45, 7) is 13.2. The van der Waals surface area contributed by atoms with Gasteiger partial charge in [-0.1, -0.05) is 82.3 Å². The van der Waals surface area contributed by atoms with Gasteiger partial charge in [0.05, 0.1) is 6.54 Å². The summed E-state index contributed by atoms with van der Waals surface area (Å²) in [5.74, 6) is 0.591. The van der Waals surface area contributed by atoms with Crippen LogP contribution in [0.2, 0.25) is 0 Å². The van der Waals surface area contributed by atoms with Gasteiger partial charge in [-0.2, -0.15) is 0 Å². The molecule has 1 unspecified atom stereocenters. The number of aryl methyl sites for hydroxylation is 1. The lowest BCUT2D eigenvalue weighted by atomic mass is 9.84. The Hall–Kier alpha value is -2.81. The Bertz CT molecular complexity index is 997. The molecule has 3 aromatic rings. The Kier molecular flexibility index (Phi) is 7.95. The summed E-state index contributed by atoms with van der Waals surface area (Å²) in [6.07, 6.45) is 3.75. The fraction of sp³-hybridized carbons (Fsp3) is 0.414. The quantitative estimate of drug-likeness (QED) is 0.365. The molecule has 0 N–H and O–H groups in total. The van der Waals surface area contributed by atoms with E-state index in [4.69, 9.17) is 0 Å². The van der Waals surface area contributed by atoms with Crippen LogP contribution >= 0.6 is 0 Å². The molecule has 1 heterocycles. The number of benzene rings is 2. The SMILES string of the molecule is Cc1ccccc1Cn1cccc1CN(Cc1ccccc1)C(=O)CC(C)CC(C)(C)C. The Labute approximate surface area is 194 Å². The molecule has 0 saturated heterocycles. The van der Waals surface area contributed by atoms with Crippen LogP contribution in [0.3, 0.4) is 0 Å². The molecule has 0 radical (unpaired) electrons. The lowest BCUT2D eigenvalue weighted by Crippen LogP contribution is -2.32. The molecule has 3 nitrogen and oxygen atoms in total. The third-order valence-electron chi connectivity index (χ3n) is 5.93. The summed E-state index contributed by atoms with van der Waals surface area (Å²) in [6, 6.07) is 23.0. The highest BCUT2D eigenvalue weighted by Crippen LogP contribution is 2.27. The molecule has 3 rings (SSSR count). The van der Waals surface area contributed by atoms with Crippen molar-refractivity contribution >= 4 is 5.91 Å². The molecular weight excluding hydrogens is 392 g/mol. The summed E-state index contributed by atoms with van der Waals surface area (Å²) in [5, 5.41) is 0. The minimum absolute atomic E-state index is 0.228. The fourth-order valence-electron chi connectivity index (χ4n) is 4.49. The minimum Gasteiger partial charge on any atom is -0.345 e. The van der Waals surface area contributed by atoms with Gasteiger partial charge in [0.15, 0.2) is 0 Å². The van der Waals surface area contributed by atoms with Gasteiger partial charge in [-0.3, -0.25) is 4.79 Å². The predicted octanol–water partition coefficient (Wildman–Crippen LogP) is 6.84. The first-order valence-corrected chi connectivity index (χ1v) is 11.7. The average molecular weight is 431 g/mol. The van der Waals surface area contributed by atoms with Gasteiger partial charge in [-0.15, -0.1) is 0 Å². The molecule has 2 aromatic carbocycles. The molecule has 1 amide bonds. The first kappa shape index (κ1) is 23.8. The second-order valence-electron chi connectivity index (χ2n) is 10.4. The first-order valence-electron chi connectivity index (χ1n) is 11.7. The maximum atomic E-state index is 13.4. The summed E-state index contributed by atoms with van der Waals surface area (Å²) in [5.41, 5.74) is 5.17. The van der Waals surface area contributed by atoms with E-state index >= 15 is 0 Å². The van der Waals surface area contributed by atoms with Crippen molar-refractivity contribution in [3.05, 3.63) is 95.3 Å². The van der Waals surface area contributed by atoms with E-state index in [1.807, 2.05) is 23.1 Å². The van der Waals surface area contributed by atoms with E-state index in [0.29, 0.717) is 25.4 Å². The molecular formula is C29H38N2O. The standard InChI is InChI=1S/C29H38N2O/c1-23(19-29(3,4)5)18-28(32)31(20-25-13-7-6-8-14-25)22-27-16-11-17-30(27)21-26-15-10-9-12-24(26)2/h6-17,23H,18-22H2,1-5H3. The molecule has 0 spiro atoms. The maximum absolute atomic E-state index is 13.4. The van der Waals surface area contributed by atoms with E-state index in [-0.39, 0.29) is 11.3 Å². The van der Waals surface area contributed by atoms with Gasteiger partial charge < -0.3 is 9.47 Å². The number of carbonyl (C=O) groups excluding carboxylic acids is 1. The summed E-state index contributed by atoms with van der Waals surface area (Å²) in [7, 11) is 0. The average Bonchev–Trinajstić information content (AvgIpc) is 3.15. The van der Waals surface area contributed by atoms with E-state index in [0.717, 1.165) is 13.0 Å². The van der Waals surface area contributed by atoms with Gasteiger partial charge in [-0.25, -0.2) is 0 Å². The van der Waals surface area contributed by atoms with Crippen LogP contribution in [0.25, 0.3) is 0 Å². The monoisotopic (exact) mass is 430 g/mol. The number of hydrogen-bond acceptors (Lipinski definition) is 1. The van der Waals surface area contributed by atoms with Crippen molar-refractivity contribution in [3.8, 4) is 0 Å². The summed E-state index contributed by atoms with van der Waals surface area (Å²) >= 11 is 0. The zero-order valence-corrected chi connectivity index (χ0v) is 20.3. The van der Waals surface area contributed by atoms with Gasteiger partial charge in [0, 0.05) is 31.4 Å². The second kappa shape index (κ2) is 10.7. The number of aromatic nitrogens is 1. The van der Waals surface area contributed by atoms with Crippen LogP contribution in [-0.2, 0) is 24.4 Å². The minimum atomic E-state index is 0.228. The van der Waals surface area contributed by atoms with Crippen molar-refractivity contribution in [3.63, 3.8) is 0 Å². The third kappa shape index (κ3) is 7.12. The molecule has 0 aliphatic heterocycles. The topological polar surface area (TPSA) is 25.2 Å². The second-order valence-corrected chi connectivity index (χ2v) is 10.4. The summed E-state index contributed by atoms with van der Waals surface area (Å²) in [4.78, 5) is 15.4. The highest BCUT2D eigenvalue weighted by molar-refractivity contribution is 5.76. The van der Waals surface area contributed by atoms with Crippen molar-refractivity contribution in [1.29, 1.82) is 0 Å². The zero-order valence-electron chi connectivity index (χ0n) is 20.3. The molecule has 32 heavy (non-hydrogen) atoms. The van der Waals surface area contributed by atoms with Crippen molar-refractivity contribution in [1.82, 2.24) is 9.47 Å². The van der Waals surface area contributed by atoms with E-state index in [1.54, 1.807) is 0 Å². The van der Waals surface area contributed by atoms with Crippen LogP contribution in [-0.4, -0.2) is 15.4 Å². The van der Waals surface area contributed by atoms with Crippen molar-refractivity contribution in [2.45, 2.75) is 67.1 Å². The first-order chi connectivity index (χ1) is 15.2. The number of rotatable bonds is 9. The normalized spacial score (nSPS) is 12.5. The molecule has 1 aromatic heterocycles. The van der Waals surface area contributed by atoms with E-state index in [9.17, 15) is 4.79 Å². The molecule has 0 aliphatic carbocycles. The molecule has 0 saturated carbocycles. The maximum Gasteiger partial charge on any atom is 0.223 e. The predicted molar refractivity (Wildman–Crippen MR) is 133 cm³/mol. The Morgan fingerprint density at radius 3 is 2.31 bits per heavy atom. The van der Waals surface area contributed by atoms with Crippen LogP contribution in [0.5, 0.6) is 0 Å².